The molecule has 0 bridgehead atoms. The summed E-state index contributed by atoms with van der Waals surface area (Å²) >= 11 is 0. The number of hydrogen-bond donors (Lipinski definition) is 0. The fourth-order valence-electron chi connectivity index (χ4n) is 1.17. The van der Waals surface area contributed by atoms with Gasteiger partial charge in [0.05, 0.1) is 0 Å². The van der Waals surface area contributed by atoms with Crippen molar-refractivity contribution in [3.8, 4) is 0 Å². The number of fused-ring (bicyclic) bond motifs is 1. The predicted molar refractivity (Wildman–Crippen MR) is 41.4 cm³/mol. The van der Waals surface area contributed by atoms with Gasteiger partial charge in [-0.1, -0.05) is 18.2 Å². The van der Waals surface area contributed by atoms with Crippen LogP contribution in [0.15, 0.2) is 23.2 Å². The van der Waals surface area contributed by atoms with Gasteiger partial charge >= 0.3 is 0 Å². The lowest BCUT2D eigenvalue weighted by atomic mass is 10.0. The molecule has 2 rings (SSSR count). The van der Waals surface area contributed by atoms with E-state index in [1.54, 1.807) is 0 Å². The largest absolute Gasteiger partial charge is 0.292 e. The van der Waals surface area contributed by atoms with Crippen LogP contribution in [0.25, 0.3) is 0 Å². The van der Waals surface area contributed by atoms with Crippen molar-refractivity contribution in [2.75, 3.05) is 6.54 Å². The monoisotopic (exact) mass is 130 g/mol. The third-order valence-electron chi connectivity index (χ3n) is 1.73. The van der Waals surface area contributed by atoms with Gasteiger partial charge in [-0.3, -0.25) is 4.99 Å². The Hall–Kier alpha value is -1.11. The van der Waals surface area contributed by atoms with Crippen LogP contribution in [0.2, 0.25) is 0 Å². The molecule has 1 aliphatic rings. The van der Waals surface area contributed by atoms with E-state index in [0.717, 1.165) is 13.0 Å². The van der Waals surface area contributed by atoms with Gasteiger partial charge in [-0.05, 0) is 23.6 Å². The second kappa shape index (κ2) is 2.25. The lowest BCUT2D eigenvalue weighted by molar-refractivity contribution is 0.952. The van der Waals surface area contributed by atoms with E-state index in [0.29, 0.717) is 0 Å². The second-order valence-electron chi connectivity index (χ2n) is 2.41. The van der Waals surface area contributed by atoms with Crippen molar-refractivity contribution < 1.29 is 0 Å². The fraction of sp³-hybridized carbons (Fsp3) is 0.222. The Balaban J connectivity index is 2.54. The Labute approximate surface area is 60.4 Å². The van der Waals surface area contributed by atoms with Crippen molar-refractivity contribution in [3.05, 3.63) is 35.4 Å². The van der Waals surface area contributed by atoms with Gasteiger partial charge in [-0.25, -0.2) is 0 Å². The average molecular weight is 130 g/mol. The number of aliphatic imine (C=N–C) groups is 1. The summed E-state index contributed by atoms with van der Waals surface area (Å²) in [6.07, 6.45) is 3.01. The average Bonchev–Trinajstić information content (AvgIpc) is 2.05. The molecule has 1 aromatic carbocycles. The van der Waals surface area contributed by atoms with Crippen molar-refractivity contribution in [2.24, 2.45) is 4.99 Å². The first-order chi connectivity index (χ1) is 4.97. The highest BCUT2D eigenvalue weighted by molar-refractivity contribution is 5.82. The molecule has 1 nitrogen and oxygen atoms in total. The van der Waals surface area contributed by atoms with Gasteiger partial charge in [-0.15, -0.1) is 0 Å². The Morgan fingerprint density at radius 1 is 1.50 bits per heavy atom. The van der Waals surface area contributed by atoms with Crippen molar-refractivity contribution in [3.63, 3.8) is 0 Å². The molecular formula is C9H8N. The smallest absolute Gasteiger partial charge is 0.0430 e. The number of hydrogen-bond acceptors (Lipinski definition) is 1. The maximum absolute atomic E-state index is 4.18. The number of benzene rings is 1. The van der Waals surface area contributed by atoms with Crippen molar-refractivity contribution in [2.45, 2.75) is 6.42 Å². The normalized spacial score (nSPS) is 14.8. The lowest BCUT2D eigenvalue weighted by Gasteiger charge is -2.07. The van der Waals surface area contributed by atoms with Crippen LogP contribution in [0.5, 0.6) is 0 Å². The SMILES string of the molecule is [c]1ccc2c(c1)CCN=C2. The Kier molecular flexibility index (Phi) is 1.28. The summed E-state index contributed by atoms with van der Waals surface area (Å²) in [6, 6.07) is 9.08. The van der Waals surface area contributed by atoms with Crippen molar-refractivity contribution >= 4 is 6.21 Å². The molecule has 0 spiro atoms. The third-order valence-corrected chi connectivity index (χ3v) is 1.73. The van der Waals surface area contributed by atoms with E-state index < -0.39 is 0 Å². The van der Waals surface area contributed by atoms with E-state index in [4.69, 9.17) is 0 Å². The molecule has 0 aliphatic carbocycles. The minimum Gasteiger partial charge on any atom is -0.292 e. The van der Waals surface area contributed by atoms with Crippen LogP contribution in [0.4, 0.5) is 0 Å². The van der Waals surface area contributed by atoms with Crippen LogP contribution in [-0.4, -0.2) is 12.8 Å². The minimum absolute atomic E-state index is 0.935. The van der Waals surface area contributed by atoms with Gasteiger partial charge in [0, 0.05) is 12.8 Å². The number of rotatable bonds is 0. The van der Waals surface area contributed by atoms with E-state index in [-0.39, 0.29) is 0 Å². The molecule has 1 aromatic rings. The summed E-state index contributed by atoms with van der Waals surface area (Å²) < 4.78 is 0. The zero-order valence-electron chi connectivity index (χ0n) is 5.67. The van der Waals surface area contributed by atoms with E-state index in [2.05, 4.69) is 17.1 Å². The van der Waals surface area contributed by atoms with E-state index in [9.17, 15) is 0 Å². The summed E-state index contributed by atoms with van der Waals surface area (Å²) in [5, 5.41) is 0. The lowest BCUT2D eigenvalue weighted by Crippen LogP contribution is -2.01. The van der Waals surface area contributed by atoms with E-state index >= 15 is 0 Å². The van der Waals surface area contributed by atoms with Crippen LogP contribution in [-0.2, 0) is 6.42 Å². The molecular weight excluding hydrogens is 122 g/mol. The van der Waals surface area contributed by atoms with Crippen molar-refractivity contribution in [1.82, 2.24) is 0 Å². The molecule has 0 N–H and O–H groups in total. The molecule has 0 saturated carbocycles. The highest BCUT2D eigenvalue weighted by Crippen LogP contribution is 2.09. The zero-order chi connectivity index (χ0) is 6.81. The van der Waals surface area contributed by atoms with Crippen LogP contribution in [0, 0.1) is 6.07 Å². The first kappa shape index (κ1) is 5.66. The molecule has 49 valence electrons. The fourth-order valence-corrected chi connectivity index (χ4v) is 1.17. The maximum Gasteiger partial charge on any atom is 0.0430 e. The van der Waals surface area contributed by atoms with Crippen LogP contribution < -0.4 is 0 Å². The first-order valence-electron chi connectivity index (χ1n) is 3.45. The van der Waals surface area contributed by atoms with E-state index in [1.807, 2.05) is 18.3 Å². The molecule has 0 fully saturated rings. The number of nitrogens with zero attached hydrogens (tertiary/aromatic N) is 1. The van der Waals surface area contributed by atoms with Gasteiger partial charge in [0.1, 0.15) is 0 Å². The van der Waals surface area contributed by atoms with Gasteiger partial charge in [0.15, 0.2) is 0 Å². The highest BCUT2D eigenvalue weighted by atomic mass is 14.7. The van der Waals surface area contributed by atoms with Crippen LogP contribution in [0.1, 0.15) is 11.1 Å². The van der Waals surface area contributed by atoms with Gasteiger partial charge in [0.2, 0.25) is 0 Å². The maximum atomic E-state index is 4.18. The summed E-state index contributed by atoms with van der Waals surface area (Å²) in [4.78, 5) is 4.18. The molecule has 0 atom stereocenters. The molecule has 1 aliphatic heterocycles. The molecule has 1 heteroatoms. The molecule has 0 aromatic heterocycles. The van der Waals surface area contributed by atoms with Gasteiger partial charge in [0.25, 0.3) is 0 Å². The quantitative estimate of drug-likeness (QED) is 0.504. The molecule has 0 saturated heterocycles. The van der Waals surface area contributed by atoms with Crippen LogP contribution in [0.3, 0.4) is 0 Å². The Morgan fingerprint density at radius 3 is 3.40 bits per heavy atom. The van der Waals surface area contributed by atoms with Crippen LogP contribution >= 0.6 is 0 Å². The Morgan fingerprint density at radius 2 is 2.50 bits per heavy atom. The molecule has 1 heterocycles. The predicted octanol–water partition coefficient (Wildman–Crippen LogP) is 1.46. The third kappa shape index (κ3) is 0.838. The Bertz CT molecular complexity index is 263. The van der Waals surface area contributed by atoms with Crippen molar-refractivity contribution in [1.29, 1.82) is 0 Å². The topological polar surface area (TPSA) is 12.4 Å². The first-order valence-corrected chi connectivity index (χ1v) is 3.45. The molecule has 0 unspecified atom stereocenters. The molecule has 0 amide bonds. The zero-order valence-corrected chi connectivity index (χ0v) is 5.67. The summed E-state index contributed by atoms with van der Waals surface area (Å²) in [7, 11) is 0. The van der Waals surface area contributed by atoms with Gasteiger partial charge in [-0.2, -0.15) is 0 Å². The molecule has 1 radical (unpaired) electrons. The summed E-state index contributed by atoms with van der Waals surface area (Å²) in [6.45, 7) is 0.935. The second-order valence-corrected chi connectivity index (χ2v) is 2.41. The summed E-state index contributed by atoms with van der Waals surface area (Å²) in [5.41, 5.74) is 2.63. The van der Waals surface area contributed by atoms with Gasteiger partial charge < -0.3 is 0 Å². The highest BCUT2D eigenvalue weighted by Gasteiger charge is 2.01. The minimum atomic E-state index is 0.935. The summed E-state index contributed by atoms with van der Waals surface area (Å²) in [5.74, 6) is 0. The van der Waals surface area contributed by atoms with E-state index in [1.165, 1.54) is 11.1 Å². The molecule has 10 heavy (non-hydrogen) atoms. The standard InChI is InChI=1S/C9H8N/c1-2-4-9-7-10-6-5-8(9)3-1/h2-4,7H,5-6H2.